The fourth-order valence-electron chi connectivity index (χ4n) is 7.53. The third-order valence-corrected chi connectivity index (χ3v) is 13.9. The van der Waals surface area contributed by atoms with Crippen molar-refractivity contribution in [2.24, 2.45) is 0 Å². The summed E-state index contributed by atoms with van der Waals surface area (Å²) in [6.45, 7) is 0. The van der Waals surface area contributed by atoms with Gasteiger partial charge >= 0.3 is 0 Å². The fraction of sp³-hybridized carbons (Fsp3) is 0. The van der Waals surface area contributed by atoms with Crippen LogP contribution < -0.4 is 0 Å². The van der Waals surface area contributed by atoms with Gasteiger partial charge in [-0.2, -0.15) is 33.7 Å². The second-order valence-electron chi connectivity index (χ2n) is 14.6. The van der Waals surface area contributed by atoms with Crippen molar-refractivity contribution in [2.45, 2.75) is 19.6 Å². The molecule has 0 radical (unpaired) electrons. The van der Waals surface area contributed by atoms with Crippen LogP contribution in [0.2, 0.25) is 0 Å². The summed E-state index contributed by atoms with van der Waals surface area (Å²) in [4.78, 5) is 15.1. The normalized spacial score (nSPS) is 13.0. The van der Waals surface area contributed by atoms with Gasteiger partial charge in [-0.25, -0.2) is 9.97 Å². The van der Waals surface area contributed by atoms with E-state index in [-0.39, 0.29) is 35.6 Å². The molecule has 7 aromatic rings. The maximum Gasteiger partial charge on any atom is 0.294 e. The molecule has 0 unspecified atom stereocenters. The van der Waals surface area contributed by atoms with E-state index in [0.29, 0.717) is 78.1 Å². The molecule has 9 rings (SSSR count). The molecule has 4 aromatic carbocycles. The van der Waals surface area contributed by atoms with Gasteiger partial charge in [-0.1, -0.05) is 48.5 Å². The van der Waals surface area contributed by atoms with Crippen LogP contribution in [0.25, 0.3) is 79.2 Å². The van der Waals surface area contributed by atoms with Gasteiger partial charge in [-0.05, 0) is 119 Å². The number of hydrogen-bond donors (Lipinski definition) is 6. The second-order valence-corrected chi connectivity index (χ2v) is 20.3. The maximum atomic E-state index is 12.3. The van der Waals surface area contributed by atoms with Crippen molar-refractivity contribution >= 4 is 86.3 Å². The molecule has 324 valence electrons. The number of nitrogens with one attached hydrogen (secondary N) is 2. The van der Waals surface area contributed by atoms with Crippen LogP contribution in [0.3, 0.4) is 0 Å². The number of nitrogens with zero attached hydrogens (tertiary/aromatic N) is 2. The van der Waals surface area contributed by atoms with Gasteiger partial charge in [0.15, 0.2) is 0 Å². The summed E-state index contributed by atoms with van der Waals surface area (Å²) in [5.74, 6) is 0. The van der Waals surface area contributed by atoms with Crippen LogP contribution in [0.4, 0.5) is 0 Å². The number of hydrogen-bond acceptors (Lipinski definition) is 10. The zero-order chi connectivity index (χ0) is 45.3. The van der Waals surface area contributed by atoms with Crippen LogP contribution in [-0.4, -0.2) is 71.8 Å². The Kier molecular flexibility index (Phi) is 11.6. The van der Waals surface area contributed by atoms with Crippen LogP contribution in [0.15, 0.2) is 147 Å². The topological polar surface area (TPSA) is 275 Å². The van der Waals surface area contributed by atoms with Gasteiger partial charge in [0.05, 0.1) is 47.9 Å². The summed E-state index contributed by atoms with van der Waals surface area (Å²) in [5, 5.41) is 0. The van der Waals surface area contributed by atoms with Crippen molar-refractivity contribution in [3.8, 4) is 33.4 Å². The third kappa shape index (κ3) is 9.19. The van der Waals surface area contributed by atoms with E-state index < -0.39 is 55.2 Å². The standard InChI is InChI=1S/C44H30N4O12S4.Zn/c49-61(50,51)34-13-1-25(2-14-34)38-23-33-22-31-10-9-29(45-31)21-30-11-12-32(46-30)24-39-40(26-3-15-35(16-4-26)62(52,53)54)41(27-5-17-36(18-6-27)63(55,56)57)44(48-39)42(43(38)47-33)28-7-19-37(20-8-28)64(58,59)60;/h1-24,45,48H,(H,49,50,51)(H,52,53,54)(H,55,56,57)(H,58,59,60);. The first-order chi connectivity index (χ1) is 30.2. The minimum absolute atomic E-state index is 0. The SMILES string of the molecule is O=S(=O)(O)c1ccc(C2=Cc3cc4ccc(cc5nc(cc6[nH]c(c(-c7ccc(S(=O)(=O)O)cc7)c2n3)c(-c2ccc(S(=O)(=O)O)cc2)c6-c2ccc(S(=O)(=O)O)cc2)C=C5)[nH]4)cc1.[Zn]. The Morgan fingerprint density at radius 1 is 0.400 bits per heavy atom. The summed E-state index contributed by atoms with van der Waals surface area (Å²) in [5.41, 5.74) is 6.76. The van der Waals surface area contributed by atoms with E-state index in [4.69, 9.17) is 9.97 Å². The molecule has 8 bridgehead atoms. The molecule has 0 fully saturated rings. The molecule has 65 heavy (non-hydrogen) atoms. The molecule has 5 heterocycles. The van der Waals surface area contributed by atoms with Gasteiger partial charge in [0.1, 0.15) is 0 Å². The molecule has 0 spiro atoms. The molecule has 0 aliphatic carbocycles. The Labute approximate surface area is 383 Å². The van der Waals surface area contributed by atoms with Crippen LogP contribution in [0.5, 0.6) is 0 Å². The van der Waals surface area contributed by atoms with Crippen molar-refractivity contribution in [1.82, 2.24) is 19.9 Å². The molecule has 3 aromatic heterocycles. The molecule has 6 N–H and O–H groups in total. The van der Waals surface area contributed by atoms with E-state index in [1.807, 2.05) is 18.2 Å². The third-order valence-electron chi connectivity index (χ3n) is 10.4. The van der Waals surface area contributed by atoms with E-state index >= 15 is 0 Å². The number of H-pyrrole nitrogens is 2. The largest absolute Gasteiger partial charge is 0.355 e. The molecule has 16 nitrogen and oxygen atoms in total. The van der Waals surface area contributed by atoms with Crippen LogP contribution in [0, 0.1) is 0 Å². The van der Waals surface area contributed by atoms with Crippen molar-refractivity contribution < 1.29 is 71.4 Å². The van der Waals surface area contributed by atoms with Crippen molar-refractivity contribution in [3.63, 3.8) is 0 Å². The summed E-state index contributed by atoms with van der Waals surface area (Å²) in [6.07, 6.45) is 5.30. The molecule has 0 saturated carbocycles. The number of benzene rings is 4. The molecular weight excluding hydrogens is 970 g/mol. The average molecular weight is 1000 g/mol. The number of rotatable bonds is 8. The van der Waals surface area contributed by atoms with Crippen molar-refractivity contribution in [2.75, 3.05) is 0 Å². The molecule has 2 aliphatic rings. The first kappa shape index (κ1) is 45.3. The first-order valence-corrected chi connectivity index (χ1v) is 24.5. The Morgan fingerprint density at radius 3 is 1.23 bits per heavy atom. The summed E-state index contributed by atoms with van der Waals surface area (Å²) in [6, 6.07) is 30.2. The quantitative estimate of drug-likeness (QED) is 0.0621. The molecule has 0 saturated heterocycles. The Bertz CT molecular complexity index is 3800. The first-order valence-electron chi connectivity index (χ1n) is 18.7. The van der Waals surface area contributed by atoms with E-state index in [2.05, 4.69) is 9.97 Å². The Hall–Kier alpha value is -6.26. The van der Waals surface area contributed by atoms with Crippen LogP contribution >= 0.6 is 0 Å². The number of aromatic nitrogens is 4. The zero-order valence-electron chi connectivity index (χ0n) is 33.1. The van der Waals surface area contributed by atoms with Gasteiger partial charge in [-0.15, -0.1) is 0 Å². The molecule has 0 atom stereocenters. The minimum Gasteiger partial charge on any atom is -0.355 e. The van der Waals surface area contributed by atoms with Gasteiger partial charge < -0.3 is 9.97 Å². The molecule has 2 aliphatic heterocycles. The van der Waals surface area contributed by atoms with Crippen LogP contribution in [-0.2, 0) is 60.0 Å². The van der Waals surface area contributed by atoms with Gasteiger partial charge in [-0.3, -0.25) is 18.2 Å². The summed E-state index contributed by atoms with van der Waals surface area (Å²) in [7, 11) is -18.5. The fourth-order valence-corrected chi connectivity index (χ4v) is 9.45. The van der Waals surface area contributed by atoms with E-state index in [9.17, 15) is 51.9 Å². The van der Waals surface area contributed by atoms with Gasteiger partial charge in [0.2, 0.25) is 0 Å². The van der Waals surface area contributed by atoms with Gasteiger partial charge in [0.25, 0.3) is 40.5 Å². The summed E-state index contributed by atoms with van der Waals surface area (Å²) >= 11 is 0. The maximum absolute atomic E-state index is 12.3. The minimum atomic E-state index is -4.67. The number of fused-ring (bicyclic) bond motifs is 8. The van der Waals surface area contributed by atoms with E-state index in [1.165, 1.54) is 97.1 Å². The average Bonchev–Trinajstić information content (AvgIpc) is 4.05. The van der Waals surface area contributed by atoms with Crippen molar-refractivity contribution in [1.29, 1.82) is 0 Å². The number of aromatic amines is 2. The zero-order valence-corrected chi connectivity index (χ0v) is 39.4. The monoisotopic (exact) mass is 998 g/mol. The van der Waals surface area contributed by atoms with Crippen LogP contribution in [0.1, 0.15) is 28.3 Å². The Morgan fingerprint density at radius 2 is 0.785 bits per heavy atom. The summed E-state index contributed by atoms with van der Waals surface area (Å²) < 4.78 is 137. The smallest absolute Gasteiger partial charge is 0.294 e. The Balaban J connectivity index is 0.00000576. The van der Waals surface area contributed by atoms with E-state index in [1.54, 1.807) is 30.4 Å². The predicted molar refractivity (Wildman–Crippen MR) is 239 cm³/mol. The van der Waals surface area contributed by atoms with Gasteiger partial charge in [0, 0.05) is 58.3 Å². The molecular formula is C44H30N4O12S4Zn. The van der Waals surface area contributed by atoms with Crippen molar-refractivity contribution in [3.05, 3.63) is 156 Å². The second kappa shape index (κ2) is 16.6. The predicted octanol–water partition coefficient (Wildman–Crippen LogP) is 8.06. The molecule has 21 heteroatoms. The van der Waals surface area contributed by atoms with E-state index in [0.717, 1.165) is 0 Å². The molecule has 0 amide bonds.